The van der Waals surface area contributed by atoms with Crippen molar-refractivity contribution in [1.29, 1.82) is 0 Å². The summed E-state index contributed by atoms with van der Waals surface area (Å²) < 4.78 is 16.7. The predicted molar refractivity (Wildman–Crippen MR) is 101 cm³/mol. The van der Waals surface area contributed by atoms with Crippen molar-refractivity contribution in [3.05, 3.63) is 30.3 Å². The van der Waals surface area contributed by atoms with Gasteiger partial charge in [0.2, 0.25) is 0 Å². The molecule has 164 valence electrons. The number of aliphatic hydroxyl groups is 6. The van der Waals surface area contributed by atoms with E-state index in [1.807, 2.05) is 30.3 Å². The molecule has 3 rings (SSSR count). The normalized spacial score (nSPS) is 43.3. The van der Waals surface area contributed by atoms with Crippen LogP contribution in [0.5, 0.6) is 0 Å². The molecular formula is C18H27NO9S. The lowest BCUT2D eigenvalue weighted by Crippen LogP contribution is -2.65. The highest BCUT2D eigenvalue weighted by Gasteiger charge is 2.50. The fourth-order valence-electron chi connectivity index (χ4n) is 3.33. The quantitative estimate of drug-likeness (QED) is 0.250. The molecule has 8 N–H and O–H groups in total. The van der Waals surface area contributed by atoms with Crippen molar-refractivity contribution in [2.24, 2.45) is 5.73 Å². The van der Waals surface area contributed by atoms with Crippen LogP contribution in [0.25, 0.3) is 0 Å². The second-order valence-corrected chi connectivity index (χ2v) is 8.19. The van der Waals surface area contributed by atoms with Gasteiger partial charge in [0.25, 0.3) is 0 Å². The third-order valence-corrected chi connectivity index (χ3v) is 6.24. The first-order valence-electron chi connectivity index (χ1n) is 9.25. The molecule has 2 aliphatic heterocycles. The fraction of sp³-hybridized carbons (Fsp3) is 0.667. The summed E-state index contributed by atoms with van der Waals surface area (Å²) in [6.45, 7) is -1.10. The van der Waals surface area contributed by atoms with E-state index in [1.165, 1.54) is 11.8 Å². The molecule has 1 aromatic carbocycles. The Morgan fingerprint density at radius 2 is 1.48 bits per heavy atom. The number of benzene rings is 1. The van der Waals surface area contributed by atoms with E-state index in [2.05, 4.69) is 0 Å². The third-order valence-electron chi connectivity index (χ3n) is 5.04. The van der Waals surface area contributed by atoms with Crippen molar-refractivity contribution >= 4 is 11.8 Å². The summed E-state index contributed by atoms with van der Waals surface area (Å²) in [5.41, 5.74) is 5.57. The van der Waals surface area contributed by atoms with E-state index in [1.54, 1.807) is 0 Å². The minimum Gasteiger partial charge on any atom is -0.394 e. The van der Waals surface area contributed by atoms with Crippen LogP contribution in [-0.4, -0.2) is 104 Å². The second kappa shape index (κ2) is 9.98. The molecule has 0 saturated carbocycles. The van der Waals surface area contributed by atoms with E-state index in [-0.39, 0.29) is 0 Å². The predicted octanol–water partition coefficient (Wildman–Crippen LogP) is -2.63. The van der Waals surface area contributed by atoms with Gasteiger partial charge in [-0.3, -0.25) is 0 Å². The van der Waals surface area contributed by atoms with Crippen molar-refractivity contribution < 1.29 is 44.8 Å². The van der Waals surface area contributed by atoms with Gasteiger partial charge in [0.15, 0.2) is 6.29 Å². The molecule has 0 aromatic heterocycles. The van der Waals surface area contributed by atoms with Crippen LogP contribution in [0.4, 0.5) is 0 Å². The fourth-order valence-corrected chi connectivity index (χ4v) is 4.43. The van der Waals surface area contributed by atoms with E-state index in [9.17, 15) is 30.6 Å². The summed E-state index contributed by atoms with van der Waals surface area (Å²) in [5, 5.41) is 59.5. The SMILES string of the molecule is N[C@@H]1[C@@H](O[C@@H]2O[C@H](CO)[C@H](O)[C@H](O)[C@H]2O)[C@H](O)[C@@H](CO)O[C@H]1Sc1ccccc1. The Bertz CT molecular complexity index is 639. The smallest absolute Gasteiger partial charge is 0.187 e. The monoisotopic (exact) mass is 433 g/mol. The van der Waals surface area contributed by atoms with Crippen molar-refractivity contribution in [3.63, 3.8) is 0 Å². The van der Waals surface area contributed by atoms with Crippen LogP contribution in [0, 0.1) is 0 Å². The van der Waals surface area contributed by atoms with Gasteiger partial charge in [-0.2, -0.15) is 0 Å². The Hall–Kier alpha value is -0.830. The maximum Gasteiger partial charge on any atom is 0.187 e. The van der Waals surface area contributed by atoms with Gasteiger partial charge in [0.05, 0.1) is 19.3 Å². The number of hydrogen-bond acceptors (Lipinski definition) is 11. The highest BCUT2D eigenvalue weighted by atomic mass is 32.2. The number of aliphatic hydroxyl groups excluding tert-OH is 6. The highest BCUT2D eigenvalue weighted by Crippen LogP contribution is 2.35. The number of thioether (sulfide) groups is 1. The molecule has 0 unspecified atom stereocenters. The maximum absolute atomic E-state index is 10.5. The van der Waals surface area contributed by atoms with Crippen LogP contribution in [0.15, 0.2) is 35.2 Å². The molecular weight excluding hydrogens is 406 g/mol. The largest absolute Gasteiger partial charge is 0.394 e. The minimum absolute atomic E-state index is 0.492. The molecule has 2 heterocycles. The van der Waals surface area contributed by atoms with Crippen LogP contribution in [0.3, 0.4) is 0 Å². The topological polar surface area (TPSA) is 175 Å². The molecule has 0 spiro atoms. The molecule has 1 aromatic rings. The lowest BCUT2D eigenvalue weighted by molar-refractivity contribution is -0.328. The van der Waals surface area contributed by atoms with Gasteiger partial charge >= 0.3 is 0 Å². The summed E-state index contributed by atoms with van der Waals surface area (Å²) in [6.07, 6.45) is -10.9. The van der Waals surface area contributed by atoms with Crippen LogP contribution >= 0.6 is 11.8 Å². The second-order valence-electron chi connectivity index (χ2n) is 7.02. The van der Waals surface area contributed by atoms with Gasteiger partial charge < -0.3 is 50.6 Å². The molecule has 2 saturated heterocycles. The minimum atomic E-state index is -1.64. The van der Waals surface area contributed by atoms with Gasteiger partial charge in [0, 0.05) is 4.90 Å². The summed E-state index contributed by atoms with van der Waals surface area (Å²) in [7, 11) is 0. The van der Waals surface area contributed by atoms with Gasteiger partial charge in [-0.25, -0.2) is 0 Å². The summed E-state index contributed by atoms with van der Waals surface area (Å²) in [4.78, 5) is 0.854. The Kier molecular flexibility index (Phi) is 7.87. The number of hydrogen-bond donors (Lipinski definition) is 7. The lowest BCUT2D eigenvalue weighted by Gasteiger charge is -2.46. The first kappa shape index (κ1) is 22.8. The molecule has 10 atom stereocenters. The zero-order chi connectivity index (χ0) is 21.1. The Morgan fingerprint density at radius 1 is 0.862 bits per heavy atom. The van der Waals surface area contributed by atoms with Gasteiger partial charge in [0.1, 0.15) is 48.2 Å². The standard InChI is InChI=1S/C18H27NO9S/c19-11-16(28-17-15(25)14(24)12(22)9(6-20)26-17)13(23)10(7-21)27-18(11)29-8-4-2-1-3-5-8/h1-5,9-18,20-25H,6-7,19H2/t9-,10-,11-,12+,13-,14+,15-,16-,17+,18+/m1/s1. The molecule has 10 nitrogen and oxygen atoms in total. The first-order chi connectivity index (χ1) is 13.9. The van der Waals surface area contributed by atoms with E-state index in [4.69, 9.17) is 19.9 Å². The van der Waals surface area contributed by atoms with Crippen molar-refractivity contribution in [1.82, 2.24) is 0 Å². The highest BCUT2D eigenvalue weighted by molar-refractivity contribution is 7.99. The van der Waals surface area contributed by atoms with Crippen LogP contribution in [-0.2, 0) is 14.2 Å². The van der Waals surface area contributed by atoms with E-state index < -0.39 is 73.7 Å². The van der Waals surface area contributed by atoms with E-state index >= 15 is 0 Å². The van der Waals surface area contributed by atoms with Crippen LogP contribution in [0.1, 0.15) is 0 Å². The van der Waals surface area contributed by atoms with E-state index in [0.29, 0.717) is 0 Å². The molecule has 2 fully saturated rings. The zero-order valence-corrected chi connectivity index (χ0v) is 16.3. The summed E-state index contributed by atoms with van der Waals surface area (Å²) in [5.74, 6) is 0. The number of rotatable bonds is 6. The van der Waals surface area contributed by atoms with E-state index in [0.717, 1.165) is 4.90 Å². The summed E-state index contributed by atoms with van der Waals surface area (Å²) in [6, 6.07) is 8.37. The van der Waals surface area contributed by atoms with Gasteiger partial charge in [-0.15, -0.1) is 0 Å². The van der Waals surface area contributed by atoms with Gasteiger partial charge in [-0.1, -0.05) is 30.0 Å². The Balaban J connectivity index is 1.76. The first-order valence-corrected chi connectivity index (χ1v) is 10.1. The molecule has 11 heteroatoms. The Labute approximate surface area is 171 Å². The third kappa shape index (κ3) is 4.92. The van der Waals surface area contributed by atoms with Crippen LogP contribution in [0.2, 0.25) is 0 Å². The molecule has 0 bridgehead atoms. The number of ether oxygens (including phenoxy) is 3. The molecule has 2 aliphatic rings. The molecule has 0 amide bonds. The van der Waals surface area contributed by atoms with Crippen LogP contribution < -0.4 is 5.73 Å². The Morgan fingerprint density at radius 3 is 2.10 bits per heavy atom. The maximum atomic E-state index is 10.5. The lowest BCUT2D eigenvalue weighted by atomic mass is 9.97. The summed E-state index contributed by atoms with van der Waals surface area (Å²) >= 11 is 1.28. The van der Waals surface area contributed by atoms with Crippen molar-refractivity contribution in [2.75, 3.05) is 13.2 Å². The average Bonchev–Trinajstić information content (AvgIpc) is 2.73. The molecule has 29 heavy (non-hydrogen) atoms. The molecule has 0 aliphatic carbocycles. The van der Waals surface area contributed by atoms with Gasteiger partial charge in [-0.05, 0) is 12.1 Å². The van der Waals surface area contributed by atoms with Crippen molar-refractivity contribution in [3.8, 4) is 0 Å². The number of nitrogens with two attached hydrogens (primary N) is 1. The van der Waals surface area contributed by atoms with Crippen molar-refractivity contribution in [2.45, 2.75) is 65.4 Å². The average molecular weight is 433 g/mol. The molecule has 0 radical (unpaired) electrons. The zero-order valence-electron chi connectivity index (χ0n) is 15.5.